The number of ether oxygens (including phenoxy) is 2. The van der Waals surface area contributed by atoms with Crippen LogP contribution in [0.15, 0.2) is 12.2 Å². The molecule has 4 rings (SSSR count). The fourth-order valence-electron chi connectivity index (χ4n) is 4.37. The van der Waals surface area contributed by atoms with Gasteiger partial charge in [-0.15, -0.1) is 0 Å². The van der Waals surface area contributed by atoms with Crippen molar-refractivity contribution in [2.75, 3.05) is 13.7 Å². The van der Waals surface area contributed by atoms with E-state index in [-0.39, 0.29) is 35.6 Å². The lowest BCUT2D eigenvalue weighted by atomic mass is 9.62. The number of fused-ring (bicyclic) bond motifs is 1. The van der Waals surface area contributed by atoms with E-state index in [0.29, 0.717) is 6.61 Å². The Balaban J connectivity index is 1.91. The highest BCUT2D eigenvalue weighted by Crippen LogP contribution is 2.67. The molecule has 0 heterocycles. The first-order valence-electron chi connectivity index (χ1n) is 7.18. The van der Waals surface area contributed by atoms with E-state index in [4.69, 9.17) is 9.47 Å². The molecule has 21 heavy (non-hydrogen) atoms. The average molecular weight is 294 g/mol. The number of methoxy groups -OCH3 is 1. The maximum absolute atomic E-state index is 12.0. The molecule has 0 radical (unpaired) electrons. The van der Waals surface area contributed by atoms with Gasteiger partial charge in [-0.25, -0.2) is 0 Å². The van der Waals surface area contributed by atoms with Gasteiger partial charge in [-0.1, -0.05) is 12.2 Å². The number of carbonyl (C=O) groups excluding carboxylic acids is 2. The second kappa shape index (κ2) is 4.86. The minimum Gasteiger partial charge on any atom is -0.481 e. The van der Waals surface area contributed by atoms with Crippen molar-refractivity contribution in [3.63, 3.8) is 0 Å². The number of carbonyl (C=O) groups is 3. The van der Waals surface area contributed by atoms with E-state index < -0.39 is 23.8 Å². The van der Waals surface area contributed by atoms with E-state index in [2.05, 4.69) is 0 Å². The van der Waals surface area contributed by atoms with Crippen molar-refractivity contribution in [2.24, 2.45) is 41.4 Å². The van der Waals surface area contributed by atoms with E-state index in [9.17, 15) is 19.5 Å². The van der Waals surface area contributed by atoms with E-state index in [1.807, 2.05) is 12.2 Å². The van der Waals surface area contributed by atoms with Gasteiger partial charge in [0.15, 0.2) is 0 Å². The third-order valence-corrected chi connectivity index (χ3v) is 5.11. The summed E-state index contributed by atoms with van der Waals surface area (Å²) in [5, 5.41) is 9.48. The SMILES string of the molecule is CCOC(=O)[C@@H]1C2[C@@H]1[C@@H]1C=C[C@H]2[C@@H](C(=O)O)[C@H]1C(=O)OC. The number of hydrogen-bond acceptors (Lipinski definition) is 5. The molecule has 0 amide bonds. The highest BCUT2D eigenvalue weighted by atomic mass is 16.5. The summed E-state index contributed by atoms with van der Waals surface area (Å²) in [7, 11) is 1.26. The summed E-state index contributed by atoms with van der Waals surface area (Å²) in [5.41, 5.74) is 0. The van der Waals surface area contributed by atoms with Crippen molar-refractivity contribution in [1.29, 1.82) is 0 Å². The van der Waals surface area contributed by atoms with Crippen LogP contribution in [0.3, 0.4) is 0 Å². The lowest BCUT2D eigenvalue weighted by molar-refractivity contribution is -0.162. The normalized spacial score (nSPS) is 42.1. The van der Waals surface area contributed by atoms with Crippen molar-refractivity contribution < 1.29 is 29.0 Å². The van der Waals surface area contributed by atoms with Gasteiger partial charge in [0.05, 0.1) is 31.5 Å². The molecule has 0 aromatic heterocycles. The van der Waals surface area contributed by atoms with E-state index in [0.717, 1.165) is 0 Å². The second-order valence-electron chi connectivity index (χ2n) is 5.89. The quantitative estimate of drug-likeness (QED) is 0.607. The Hall–Kier alpha value is -1.85. The topological polar surface area (TPSA) is 89.9 Å². The Labute approximate surface area is 122 Å². The summed E-state index contributed by atoms with van der Waals surface area (Å²) in [4.78, 5) is 35.6. The molecule has 6 heteroatoms. The number of carboxylic acids is 1. The first-order chi connectivity index (χ1) is 10.0. The van der Waals surface area contributed by atoms with Gasteiger partial charge in [0.1, 0.15) is 0 Å². The zero-order valence-corrected chi connectivity index (χ0v) is 11.9. The van der Waals surface area contributed by atoms with Crippen LogP contribution in [-0.2, 0) is 23.9 Å². The molecule has 2 bridgehead atoms. The number of esters is 2. The Morgan fingerprint density at radius 3 is 2.05 bits per heavy atom. The van der Waals surface area contributed by atoms with Crippen molar-refractivity contribution in [3.05, 3.63) is 12.2 Å². The molecule has 2 fully saturated rings. The van der Waals surface area contributed by atoms with Gasteiger partial charge < -0.3 is 14.6 Å². The third-order valence-electron chi connectivity index (χ3n) is 5.11. The highest BCUT2D eigenvalue weighted by molar-refractivity contribution is 5.85. The molecule has 4 aliphatic rings. The fourth-order valence-corrected chi connectivity index (χ4v) is 4.37. The van der Waals surface area contributed by atoms with Gasteiger partial charge in [0, 0.05) is 0 Å². The molecule has 4 aliphatic carbocycles. The predicted molar refractivity (Wildman–Crippen MR) is 69.9 cm³/mol. The molecule has 2 saturated carbocycles. The summed E-state index contributed by atoms with van der Waals surface area (Å²) in [6, 6.07) is 0. The maximum atomic E-state index is 12.0. The van der Waals surface area contributed by atoms with Crippen molar-refractivity contribution >= 4 is 17.9 Å². The molecule has 1 unspecified atom stereocenters. The van der Waals surface area contributed by atoms with E-state index in [1.54, 1.807) is 6.92 Å². The Kier molecular flexibility index (Phi) is 3.26. The van der Waals surface area contributed by atoms with Crippen molar-refractivity contribution in [1.82, 2.24) is 0 Å². The number of hydrogen-bond donors (Lipinski definition) is 1. The van der Waals surface area contributed by atoms with Crippen LogP contribution >= 0.6 is 0 Å². The molecule has 7 atom stereocenters. The van der Waals surface area contributed by atoms with Crippen LogP contribution < -0.4 is 0 Å². The van der Waals surface area contributed by atoms with Gasteiger partial charge >= 0.3 is 17.9 Å². The highest BCUT2D eigenvalue weighted by Gasteiger charge is 2.71. The smallest absolute Gasteiger partial charge is 0.310 e. The predicted octanol–water partition coefficient (Wildman–Crippen LogP) is 0.718. The molecule has 0 saturated heterocycles. The minimum absolute atomic E-state index is 0.0127. The van der Waals surface area contributed by atoms with E-state index in [1.165, 1.54) is 7.11 Å². The van der Waals surface area contributed by atoms with Crippen LogP contribution in [0.25, 0.3) is 0 Å². The van der Waals surface area contributed by atoms with Gasteiger partial charge in [0.25, 0.3) is 0 Å². The standard InChI is InChI=1S/C15H18O6/c1-3-21-15(19)12-8-6-4-5-7(9(8)12)11(14(18)20-2)10(6)13(16)17/h4-12H,3H2,1-2H3,(H,16,17)/t6-,7+,8?,9+,10-,11+,12-/m1/s1. The molecule has 114 valence electrons. The Morgan fingerprint density at radius 2 is 1.57 bits per heavy atom. The second-order valence-corrected chi connectivity index (χ2v) is 5.89. The third kappa shape index (κ3) is 1.88. The summed E-state index contributed by atoms with van der Waals surface area (Å²) in [5.74, 6) is -4.13. The summed E-state index contributed by atoms with van der Waals surface area (Å²) in [6.07, 6.45) is 3.73. The van der Waals surface area contributed by atoms with Crippen molar-refractivity contribution in [3.8, 4) is 0 Å². The molecule has 0 aliphatic heterocycles. The summed E-state index contributed by atoms with van der Waals surface area (Å²) in [6.45, 7) is 2.05. The zero-order valence-electron chi connectivity index (χ0n) is 11.9. The largest absolute Gasteiger partial charge is 0.481 e. The van der Waals surface area contributed by atoms with Gasteiger partial charge in [0.2, 0.25) is 0 Å². The summed E-state index contributed by atoms with van der Waals surface area (Å²) < 4.78 is 9.85. The van der Waals surface area contributed by atoms with Gasteiger partial charge in [-0.05, 0) is 30.6 Å². The minimum atomic E-state index is -1.00. The van der Waals surface area contributed by atoms with Gasteiger partial charge in [-0.2, -0.15) is 0 Å². The molecule has 0 aromatic rings. The molecule has 6 nitrogen and oxygen atoms in total. The number of carboxylic acid groups (broad SMARTS) is 1. The molecular weight excluding hydrogens is 276 g/mol. The van der Waals surface area contributed by atoms with Crippen LogP contribution in [0.1, 0.15) is 6.92 Å². The number of allylic oxidation sites excluding steroid dienone is 2. The molecule has 0 aromatic carbocycles. The maximum Gasteiger partial charge on any atom is 0.310 e. The van der Waals surface area contributed by atoms with E-state index >= 15 is 0 Å². The van der Waals surface area contributed by atoms with Gasteiger partial charge in [-0.3, -0.25) is 14.4 Å². The van der Waals surface area contributed by atoms with Crippen LogP contribution in [0.4, 0.5) is 0 Å². The van der Waals surface area contributed by atoms with Crippen LogP contribution in [-0.4, -0.2) is 36.7 Å². The lowest BCUT2D eigenvalue weighted by Crippen LogP contribution is -2.46. The monoisotopic (exact) mass is 294 g/mol. The molecule has 1 N–H and O–H groups in total. The average Bonchev–Trinajstić information content (AvgIpc) is 3.23. The zero-order chi connectivity index (χ0) is 15.3. The van der Waals surface area contributed by atoms with Crippen LogP contribution in [0, 0.1) is 41.4 Å². The van der Waals surface area contributed by atoms with Crippen molar-refractivity contribution in [2.45, 2.75) is 6.92 Å². The van der Waals surface area contributed by atoms with Crippen LogP contribution in [0.5, 0.6) is 0 Å². The molecule has 0 spiro atoms. The Bertz CT molecular complexity index is 524. The first-order valence-corrected chi connectivity index (χ1v) is 7.18. The first kappa shape index (κ1) is 14.1. The summed E-state index contributed by atoms with van der Waals surface area (Å²) >= 11 is 0. The number of rotatable bonds is 4. The lowest BCUT2D eigenvalue weighted by Gasteiger charge is -2.40. The Morgan fingerprint density at radius 1 is 1.00 bits per heavy atom. The fraction of sp³-hybridized carbons (Fsp3) is 0.667. The molecular formula is C15H18O6. The number of aliphatic carboxylic acids is 1. The van der Waals surface area contributed by atoms with Crippen LogP contribution in [0.2, 0.25) is 0 Å².